The quantitative estimate of drug-likeness (QED) is 0.710. The van der Waals surface area contributed by atoms with Crippen LogP contribution in [-0.2, 0) is 0 Å². The molecule has 1 heterocycles. The number of halogens is 3. The zero-order valence-corrected chi connectivity index (χ0v) is 11.8. The van der Waals surface area contributed by atoms with E-state index in [1.54, 1.807) is 17.5 Å². The minimum Gasteiger partial charge on any atom is -0.288 e. The first-order valence-electron chi connectivity index (χ1n) is 4.32. The van der Waals surface area contributed by atoms with Gasteiger partial charge in [0.05, 0.1) is 10.4 Å². The Morgan fingerprint density at radius 2 is 2.00 bits per heavy atom. The van der Waals surface area contributed by atoms with E-state index in [0.29, 0.717) is 13.8 Å². The zero-order chi connectivity index (χ0) is 11.7. The molecule has 2 aromatic rings. The van der Waals surface area contributed by atoms with E-state index in [1.807, 2.05) is 0 Å². The molecule has 0 N–H and O–H groups in total. The summed E-state index contributed by atoms with van der Waals surface area (Å²) in [5, 5.41) is 1.78. The van der Waals surface area contributed by atoms with E-state index in [-0.39, 0.29) is 11.3 Å². The van der Waals surface area contributed by atoms with Crippen molar-refractivity contribution in [3.63, 3.8) is 0 Å². The molecular weight excluding hydrogens is 359 g/mol. The number of carbonyl (C=O) groups excluding carboxylic acids is 1. The number of hydrogen-bond acceptors (Lipinski definition) is 2. The maximum Gasteiger partial charge on any atom is 0.207 e. The number of ketones is 1. The largest absolute Gasteiger partial charge is 0.288 e. The van der Waals surface area contributed by atoms with Gasteiger partial charge < -0.3 is 0 Å². The predicted molar refractivity (Wildman–Crippen MR) is 69.6 cm³/mol. The molecular formula is C11H5Br2FOS. The van der Waals surface area contributed by atoms with Crippen molar-refractivity contribution in [2.24, 2.45) is 0 Å². The summed E-state index contributed by atoms with van der Waals surface area (Å²) in [7, 11) is 0. The number of thiophene rings is 1. The maximum atomic E-state index is 13.5. The molecule has 1 aromatic heterocycles. The van der Waals surface area contributed by atoms with Crippen LogP contribution in [-0.4, -0.2) is 5.78 Å². The van der Waals surface area contributed by atoms with Crippen molar-refractivity contribution in [1.29, 1.82) is 0 Å². The van der Waals surface area contributed by atoms with Crippen LogP contribution < -0.4 is 0 Å². The smallest absolute Gasteiger partial charge is 0.207 e. The Balaban J connectivity index is 2.49. The van der Waals surface area contributed by atoms with E-state index in [0.717, 1.165) is 0 Å². The summed E-state index contributed by atoms with van der Waals surface area (Å²) in [5.41, 5.74) is 0.0810. The van der Waals surface area contributed by atoms with Crippen LogP contribution >= 0.6 is 43.2 Å². The second-order valence-corrected chi connectivity index (χ2v) is 5.74. The van der Waals surface area contributed by atoms with Crippen molar-refractivity contribution in [2.45, 2.75) is 0 Å². The molecule has 2 rings (SSSR count). The third-order valence-corrected chi connectivity index (χ3v) is 4.33. The van der Waals surface area contributed by atoms with Gasteiger partial charge >= 0.3 is 0 Å². The Morgan fingerprint density at radius 1 is 1.25 bits per heavy atom. The summed E-state index contributed by atoms with van der Waals surface area (Å²) in [6.45, 7) is 0. The number of hydrogen-bond donors (Lipinski definition) is 0. The predicted octanol–water partition coefficient (Wildman–Crippen LogP) is 4.64. The fourth-order valence-corrected chi connectivity index (χ4v) is 3.12. The van der Waals surface area contributed by atoms with Gasteiger partial charge in [-0.15, -0.1) is 11.3 Å². The van der Waals surface area contributed by atoms with Crippen LogP contribution in [0.4, 0.5) is 4.39 Å². The van der Waals surface area contributed by atoms with Gasteiger partial charge in [0.2, 0.25) is 5.78 Å². The van der Waals surface area contributed by atoms with Crippen LogP contribution in [0.3, 0.4) is 0 Å². The average molecular weight is 364 g/mol. The molecule has 0 spiro atoms. The Bertz CT molecular complexity index is 551. The summed E-state index contributed by atoms with van der Waals surface area (Å²) in [6, 6.07) is 6.10. The lowest BCUT2D eigenvalue weighted by atomic mass is 10.1. The van der Waals surface area contributed by atoms with Crippen LogP contribution in [0.25, 0.3) is 0 Å². The molecule has 0 saturated heterocycles. The van der Waals surface area contributed by atoms with Gasteiger partial charge in [-0.2, -0.15) is 0 Å². The van der Waals surface area contributed by atoms with Gasteiger partial charge in [0.1, 0.15) is 5.82 Å². The lowest BCUT2D eigenvalue weighted by Crippen LogP contribution is -2.02. The molecule has 0 fully saturated rings. The van der Waals surface area contributed by atoms with Crippen LogP contribution in [0.1, 0.15) is 15.2 Å². The molecule has 0 aliphatic carbocycles. The Hall–Kier alpha value is -0.520. The van der Waals surface area contributed by atoms with Gasteiger partial charge in [-0.25, -0.2) is 4.39 Å². The first-order valence-corrected chi connectivity index (χ1v) is 6.79. The highest BCUT2D eigenvalue weighted by Gasteiger charge is 2.17. The van der Waals surface area contributed by atoms with Crippen LogP contribution in [0.15, 0.2) is 38.6 Å². The van der Waals surface area contributed by atoms with E-state index in [4.69, 9.17) is 0 Å². The summed E-state index contributed by atoms with van der Waals surface area (Å²) in [5.74, 6) is -0.811. The van der Waals surface area contributed by atoms with Crippen molar-refractivity contribution in [2.75, 3.05) is 0 Å². The third kappa shape index (κ3) is 2.26. The molecule has 0 atom stereocenters. The molecule has 0 bridgehead atoms. The van der Waals surface area contributed by atoms with E-state index >= 15 is 0 Å². The molecule has 0 amide bonds. The Kier molecular flexibility index (Phi) is 3.56. The molecule has 16 heavy (non-hydrogen) atoms. The highest BCUT2D eigenvalue weighted by atomic mass is 79.9. The normalized spacial score (nSPS) is 10.4. The molecule has 5 heteroatoms. The van der Waals surface area contributed by atoms with Crippen molar-refractivity contribution < 1.29 is 9.18 Å². The highest BCUT2D eigenvalue weighted by molar-refractivity contribution is 9.10. The second-order valence-electron chi connectivity index (χ2n) is 3.05. The van der Waals surface area contributed by atoms with E-state index < -0.39 is 5.82 Å². The third-order valence-electron chi connectivity index (χ3n) is 2.00. The van der Waals surface area contributed by atoms with Gasteiger partial charge in [-0.3, -0.25) is 4.79 Å². The van der Waals surface area contributed by atoms with Gasteiger partial charge in [0.25, 0.3) is 0 Å². The lowest BCUT2D eigenvalue weighted by molar-refractivity contribution is 0.103. The molecule has 1 aromatic carbocycles. The monoisotopic (exact) mass is 362 g/mol. The fraction of sp³-hybridized carbons (Fsp3) is 0. The zero-order valence-electron chi connectivity index (χ0n) is 7.84. The first-order chi connectivity index (χ1) is 7.59. The number of rotatable bonds is 2. The highest BCUT2D eigenvalue weighted by Crippen LogP contribution is 2.27. The standard InChI is InChI=1S/C11H5Br2FOS/c12-6-1-2-9(14)7(5-6)10(15)11-8(13)3-4-16-11/h1-5H. The topological polar surface area (TPSA) is 17.1 Å². The van der Waals surface area contributed by atoms with Crippen molar-refractivity contribution in [3.05, 3.63) is 54.8 Å². The van der Waals surface area contributed by atoms with Gasteiger partial charge in [-0.1, -0.05) is 15.9 Å². The number of benzene rings is 1. The summed E-state index contributed by atoms with van der Waals surface area (Å²) in [6.07, 6.45) is 0. The molecule has 1 nitrogen and oxygen atoms in total. The van der Waals surface area contributed by atoms with Crippen LogP contribution in [0.5, 0.6) is 0 Å². The average Bonchev–Trinajstić information content (AvgIpc) is 2.67. The molecule has 0 unspecified atom stereocenters. The van der Waals surface area contributed by atoms with Crippen molar-refractivity contribution >= 4 is 49.0 Å². The SMILES string of the molecule is O=C(c1cc(Br)ccc1F)c1sccc1Br. The van der Waals surface area contributed by atoms with E-state index in [2.05, 4.69) is 31.9 Å². The lowest BCUT2D eigenvalue weighted by Gasteiger charge is -2.02. The minimum atomic E-state index is -0.506. The first kappa shape index (κ1) is 12.0. The fourth-order valence-electron chi connectivity index (χ4n) is 1.25. The van der Waals surface area contributed by atoms with Gasteiger partial charge in [0.15, 0.2) is 0 Å². The van der Waals surface area contributed by atoms with Gasteiger partial charge in [0, 0.05) is 8.95 Å². The van der Waals surface area contributed by atoms with Crippen molar-refractivity contribution in [1.82, 2.24) is 0 Å². The summed E-state index contributed by atoms with van der Waals surface area (Å²) >= 11 is 7.77. The minimum absolute atomic E-state index is 0.0810. The van der Waals surface area contributed by atoms with Gasteiger partial charge in [-0.05, 0) is 45.6 Å². The molecule has 0 radical (unpaired) electrons. The molecule has 0 aliphatic rings. The van der Waals surface area contributed by atoms with Crippen molar-refractivity contribution in [3.8, 4) is 0 Å². The number of carbonyl (C=O) groups is 1. The molecule has 0 aliphatic heterocycles. The Labute approximate surface area is 113 Å². The van der Waals surface area contributed by atoms with E-state index in [9.17, 15) is 9.18 Å². The summed E-state index contributed by atoms with van der Waals surface area (Å²) < 4.78 is 14.9. The van der Waals surface area contributed by atoms with Crippen LogP contribution in [0, 0.1) is 5.82 Å². The Morgan fingerprint density at radius 3 is 2.62 bits per heavy atom. The second kappa shape index (κ2) is 4.77. The van der Waals surface area contributed by atoms with E-state index in [1.165, 1.54) is 23.5 Å². The summed E-state index contributed by atoms with van der Waals surface area (Å²) in [4.78, 5) is 12.5. The maximum absolute atomic E-state index is 13.5. The molecule has 0 saturated carbocycles. The van der Waals surface area contributed by atoms with Crippen LogP contribution in [0.2, 0.25) is 0 Å². The molecule has 82 valence electrons.